The lowest BCUT2D eigenvalue weighted by Crippen LogP contribution is -2.17. The molecular formula is C13H13N3O2S. The SMILES string of the molecule is Cc1nc(C)c(C(=O)Nc2ccccc2C(N)=S)o1. The average Bonchev–Trinajstić information content (AvgIpc) is 2.69. The van der Waals surface area contributed by atoms with Crippen LogP contribution >= 0.6 is 12.2 Å². The Hall–Kier alpha value is -2.21. The normalized spacial score (nSPS) is 10.2. The van der Waals surface area contributed by atoms with Gasteiger partial charge in [0.2, 0.25) is 5.76 Å². The lowest BCUT2D eigenvalue weighted by Gasteiger charge is -2.08. The smallest absolute Gasteiger partial charge is 0.293 e. The van der Waals surface area contributed by atoms with Gasteiger partial charge in [0.1, 0.15) is 4.99 Å². The zero-order chi connectivity index (χ0) is 14.0. The molecule has 0 radical (unpaired) electrons. The van der Waals surface area contributed by atoms with Gasteiger partial charge in [-0.25, -0.2) is 4.98 Å². The summed E-state index contributed by atoms with van der Waals surface area (Å²) in [7, 11) is 0. The number of oxazole rings is 1. The number of carbonyl (C=O) groups is 1. The topological polar surface area (TPSA) is 81.2 Å². The highest BCUT2D eigenvalue weighted by Crippen LogP contribution is 2.17. The fourth-order valence-corrected chi connectivity index (χ4v) is 1.91. The number of rotatable bonds is 3. The molecule has 0 aliphatic rings. The summed E-state index contributed by atoms with van der Waals surface area (Å²) >= 11 is 4.94. The number of carbonyl (C=O) groups excluding carboxylic acids is 1. The Morgan fingerprint density at radius 2 is 2.05 bits per heavy atom. The standard InChI is InChI=1S/C13H13N3O2S/c1-7-11(18-8(2)15-7)13(17)16-10-6-4-3-5-9(10)12(14)19/h3-6H,1-2H3,(H2,14,19)(H,16,17). The van der Waals surface area contributed by atoms with Crippen LogP contribution in [0.25, 0.3) is 0 Å². The number of nitrogens with zero attached hydrogens (tertiary/aromatic N) is 1. The van der Waals surface area contributed by atoms with E-state index in [0.717, 1.165) is 0 Å². The monoisotopic (exact) mass is 275 g/mol. The van der Waals surface area contributed by atoms with E-state index >= 15 is 0 Å². The van der Waals surface area contributed by atoms with Gasteiger partial charge < -0.3 is 15.5 Å². The number of anilines is 1. The van der Waals surface area contributed by atoms with Crippen LogP contribution in [0.5, 0.6) is 0 Å². The molecule has 1 aromatic carbocycles. The van der Waals surface area contributed by atoms with Gasteiger partial charge in [0.05, 0.1) is 11.4 Å². The van der Waals surface area contributed by atoms with Crippen molar-refractivity contribution in [3.63, 3.8) is 0 Å². The maximum Gasteiger partial charge on any atom is 0.293 e. The van der Waals surface area contributed by atoms with Crippen molar-refractivity contribution < 1.29 is 9.21 Å². The Bertz CT molecular complexity index is 649. The molecule has 0 aliphatic carbocycles. The number of nitrogens with two attached hydrogens (primary N) is 1. The molecule has 2 aromatic rings. The number of hydrogen-bond donors (Lipinski definition) is 2. The third-order valence-corrected chi connectivity index (χ3v) is 2.77. The van der Waals surface area contributed by atoms with Gasteiger partial charge in [0, 0.05) is 12.5 Å². The molecule has 1 heterocycles. The van der Waals surface area contributed by atoms with Gasteiger partial charge >= 0.3 is 0 Å². The highest BCUT2D eigenvalue weighted by molar-refractivity contribution is 7.80. The third kappa shape index (κ3) is 2.79. The van der Waals surface area contributed by atoms with Crippen molar-refractivity contribution in [3.8, 4) is 0 Å². The van der Waals surface area contributed by atoms with Crippen LogP contribution < -0.4 is 11.1 Å². The minimum Gasteiger partial charge on any atom is -0.436 e. The zero-order valence-electron chi connectivity index (χ0n) is 10.6. The van der Waals surface area contributed by atoms with Crippen LogP contribution in [0.15, 0.2) is 28.7 Å². The van der Waals surface area contributed by atoms with Crippen LogP contribution in [0, 0.1) is 13.8 Å². The molecule has 1 amide bonds. The third-order valence-electron chi connectivity index (χ3n) is 2.55. The first-order valence-corrected chi connectivity index (χ1v) is 6.04. The van der Waals surface area contributed by atoms with Crippen LogP contribution in [0.3, 0.4) is 0 Å². The van der Waals surface area contributed by atoms with Crippen molar-refractivity contribution in [1.82, 2.24) is 4.98 Å². The van der Waals surface area contributed by atoms with Crippen molar-refractivity contribution in [2.24, 2.45) is 5.73 Å². The number of thiocarbonyl (C=S) groups is 1. The van der Waals surface area contributed by atoms with E-state index in [9.17, 15) is 4.79 Å². The number of aromatic nitrogens is 1. The van der Waals surface area contributed by atoms with Gasteiger partial charge in [-0.1, -0.05) is 24.4 Å². The Kier molecular flexibility index (Phi) is 3.62. The van der Waals surface area contributed by atoms with E-state index in [-0.39, 0.29) is 16.7 Å². The van der Waals surface area contributed by atoms with Gasteiger partial charge in [-0.05, 0) is 19.1 Å². The fourth-order valence-electron chi connectivity index (χ4n) is 1.73. The zero-order valence-corrected chi connectivity index (χ0v) is 11.4. The summed E-state index contributed by atoms with van der Waals surface area (Å²) < 4.78 is 5.26. The highest BCUT2D eigenvalue weighted by Gasteiger charge is 2.17. The van der Waals surface area contributed by atoms with Crippen molar-refractivity contribution in [2.45, 2.75) is 13.8 Å². The molecule has 2 rings (SSSR count). The summed E-state index contributed by atoms with van der Waals surface area (Å²) in [5, 5.41) is 2.72. The second kappa shape index (κ2) is 5.19. The first-order chi connectivity index (χ1) is 8.99. The summed E-state index contributed by atoms with van der Waals surface area (Å²) in [6, 6.07) is 7.06. The van der Waals surface area contributed by atoms with E-state index in [0.29, 0.717) is 22.8 Å². The molecule has 0 saturated heterocycles. The largest absolute Gasteiger partial charge is 0.436 e. The molecule has 0 spiro atoms. The van der Waals surface area contributed by atoms with E-state index < -0.39 is 0 Å². The van der Waals surface area contributed by atoms with Crippen LogP contribution in [-0.4, -0.2) is 15.9 Å². The van der Waals surface area contributed by atoms with Gasteiger partial charge in [-0.2, -0.15) is 0 Å². The first kappa shape index (κ1) is 13.2. The molecule has 0 bridgehead atoms. The average molecular weight is 275 g/mol. The Morgan fingerprint density at radius 3 is 2.63 bits per heavy atom. The number of benzene rings is 1. The Labute approximate surface area is 115 Å². The summed E-state index contributed by atoms with van der Waals surface area (Å²) in [4.78, 5) is 16.4. The van der Waals surface area contributed by atoms with Gasteiger partial charge in [0.25, 0.3) is 5.91 Å². The summed E-state index contributed by atoms with van der Waals surface area (Å²) in [6.07, 6.45) is 0. The van der Waals surface area contributed by atoms with Crippen molar-refractivity contribution >= 4 is 28.8 Å². The van der Waals surface area contributed by atoms with Crippen molar-refractivity contribution in [2.75, 3.05) is 5.32 Å². The van der Waals surface area contributed by atoms with Gasteiger partial charge in [0.15, 0.2) is 5.89 Å². The van der Waals surface area contributed by atoms with E-state index in [2.05, 4.69) is 10.3 Å². The first-order valence-electron chi connectivity index (χ1n) is 5.63. The molecule has 0 saturated carbocycles. The minimum atomic E-state index is -0.373. The number of nitrogens with one attached hydrogen (secondary N) is 1. The molecule has 0 aliphatic heterocycles. The summed E-state index contributed by atoms with van der Waals surface area (Å²) in [5.74, 6) is 0.266. The van der Waals surface area contributed by atoms with E-state index in [1.165, 1.54) is 0 Å². The van der Waals surface area contributed by atoms with Crippen molar-refractivity contribution in [1.29, 1.82) is 0 Å². The van der Waals surface area contributed by atoms with E-state index in [1.54, 1.807) is 38.1 Å². The second-order valence-electron chi connectivity index (χ2n) is 4.01. The molecule has 98 valence electrons. The molecule has 5 nitrogen and oxygen atoms in total. The quantitative estimate of drug-likeness (QED) is 0.839. The van der Waals surface area contributed by atoms with Crippen LogP contribution in [0.2, 0.25) is 0 Å². The molecule has 1 aromatic heterocycles. The Balaban J connectivity index is 2.29. The van der Waals surface area contributed by atoms with Crippen molar-refractivity contribution in [3.05, 3.63) is 47.2 Å². The number of amides is 1. The van der Waals surface area contributed by atoms with Gasteiger partial charge in [-0.15, -0.1) is 0 Å². The van der Waals surface area contributed by atoms with Crippen LogP contribution in [-0.2, 0) is 0 Å². The fraction of sp³-hybridized carbons (Fsp3) is 0.154. The van der Waals surface area contributed by atoms with E-state index in [1.807, 2.05) is 0 Å². The second-order valence-corrected chi connectivity index (χ2v) is 4.45. The predicted molar refractivity (Wildman–Crippen MR) is 76.3 cm³/mol. The predicted octanol–water partition coefficient (Wildman–Crippen LogP) is 2.18. The lowest BCUT2D eigenvalue weighted by atomic mass is 10.1. The summed E-state index contributed by atoms with van der Waals surface area (Å²) in [6.45, 7) is 3.40. The number of hydrogen-bond acceptors (Lipinski definition) is 4. The summed E-state index contributed by atoms with van der Waals surface area (Å²) in [5.41, 5.74) is 7.31. The van der Waals surface area contributed by atoms with E-state index in [4.69, 9.17) is 22.4 Å². The molecule has 0 unspecified atom stereocenters. The van der Waals surface area contributed by atoms with Crippen LogP contribution in [0.4, 0.5) is 5.69 Å². The lowest BCUT2D eigenvalue weighted by molar-refractivity contribution is 0.0994. The number of para-hydroxylation sites is 1. The number of aryl methyl sites for hydroxylation is 2. The van der Waals surface area contributed by atoms with Gasteiger partial charge in [-0.3, -0.25) is 4.79 Å². The molecule has 0 atom stereocenters. The molecule has 3 N–H and O–H groups in total. The highest BCUT2D eigenvalue weighted by atomic mass is 32.1. The maximum absolute atomic E-state index is 12.1. The molecule has 6 heteroatoms. The maximum atomic E-state index is 12.1. The molecular weight excluding hydrogens is 262 g/mol. The minimum absolute atomic E-state index is 0.190. The van der Waals surface area contributed by atoms with Crippen LogP contribution in [0.1, 0.15) is 27.7 Å². The molecule has 19 heavy (non-hydrogen) atoms. The molecule has 0 fully saturated rings. The Morgan fingerprint density at radius 1 is 1.37 bits per heavy atom.